The van der Waals surface area contributed by atoms with E-state index in [0.717, 1.165) is 26.9 Å². The Morgan fingerprint density at radius 3 is 3.17 bits per heavy atom. The van der Waals surface area contributed by atoms with E-state index in [1.807, 2.05) is 24.3 Å². The number of para-hydroxylation sites is 1. The molecule has 0 atom stereocenters. The summed E-state index contributed by atoms with van der Waals surface area (Å²) in [6.45, 7) is 0.519. The number of benzene rings is 1. The molecule has 1 aliphatic rings. The molecule has 0 radical (unpaired) electrons. The third-order valence-corrected chi connectivity index (χ3v) is 3.79. The van der Waals surface area contributed by atoms with Crippen LogP contribution in [0.25, 0.3) is 11.3 Å². The molecule has 1 aliphatic heterocycles. The fourth-order valence-electron chi connectivity index (χ4n) is 1.91. The van der Waals surface area contributed by atoms with Crippen molar-refractivity contribution in [2.45, 2.75) is 13.0 Å². The Morgan fingerprint density at radius 2 is 2.33 bits per heavy atom. The van der Waals surface area contributed by atoms with Crippen LogP contribution in [0.5, 0.6) is 5.75 Å². The molecule has 0 amide bonds. The highest BCUT2D eigenvalue weighted by Gasteiger charge is 2.22. The topological polar surface area (TPSA) is 48.4 Å². The van der Waals surface area contributed by atoms with Crippen molar-refractivity contribution in [3.05, 3.63) is 34.2 Å². The molecule has 3 rings (SSSR count). The Hall–Kier alpha value is -1.88. The van der Waals surface area contributed by atoms with Crippen LogP contribution in [-0.4, -0.2) is 18.1 Å². The lowest BCUT2D eigenvalue weighted by Crippen LogP contribution is -2.04. The summed E-state index contributed by atoms with van der Waals surface area (Å²) in [6, 6.07) is 7.80. The molecule has 4 nitrogen and oxygen atoms in total. The van der Waals surface area contributed by atoms with E-state index in [2.05, 4.69) is 9.72 Å². The molecule has 1 aromatic heterocycles. The van der Waals surface area contributed by atoms with E-state index in [1.165, 1.54) is 18.4 Å². The zero-order valence-electron chi connectivity index (χ0n) is 9.80. The number of thiazole rings is 1. The van der Waals surface area contributed by atoms with Gasteiger partial charge in [0.25, 0.3) is 0 Å². The number of nitrogens with zero attached hydrogens (tertiary/aromatic N) is 1. The lowest BCUT2D eigenvalue weighted by atomic mass is 10.1. The van der Waals surface area contributed by atoms with Gasteiger partial charge in [-0.3, -0.25) is 4.79 Å². The highest BCUT2D eigenvalue weighted by molar-refractivity contribution is 7.12. The van der Waals surface area contributed by atoms with Crippen LogP contribution in [0.15, 0.2) is 24.3 Å². The fourth-order valence-corrected chi connectivity index (χ4v) is 2.89. The van der Waals surface area contributed by atoms with Gasteiger partial charge >= 0.3 is 5.97 Å². The number of fused-ring (bicyclic) bond motifs is 3. The van der Waals surface area contributed by atoms with E-state index in [-0.39, 0.29) is 12.4 Å². The van der Waals surface area contributed by atoms with Gasteiger partial charge in [0.1, 0.15) is 17.4 Å². The summed E-state index contributed by atoms with van der Waals surface area (Å²) in [4.78, 5) is 16.8. The predicted octanol–water partition coefficient (Wildman–Crippen LogP) is 2.42. The first-order valence-corrected chi connectivity index (χ1v) is 6.37. The van der Waals surface area contributed by atoms with Crippen molar-refractivity contribution >= 4 is 17.3 Å². The Kier molecular flexibility index (Phi) is 2.76. The Balaban J connectivity index is 1.99. The number of ether oxygens (including phenoxy) is 2. The third-order valence-electron chi connectivity index (χ3n) is 2.77. The number of carbonyl (C=O) groups is 1. The van der Waals surface area contributed by atoms with Gasteiger partial charge in [0.05, 0.1) is 24.1 Å². The van der Waals surface area contributed by atoms with Crippen molar-refractivity contribution in [2.75, 3.05) is 7.11 Å². The Bertz CT molecular complexity index is 606. The number of aromatic nitrogens is 1. The second-order valence-corrected chi connectivity index (χ2v) is 5.09. The van der Waals surface area contributed by atoms with Crippen LogP contribution in [0.4, 0.5) is 0 Å². The Labute approximate surface area is 108 Å². The lowest BCUT2D eigenvalue weighted by molar-refractivity contribution is -0.139. The first kappa shape index (κ1) is 11.2. The minimum Gasteiger partial charge on any atom is -0.487 e. The largest absolute Gasteiger partial charge is 0.487 e. The summed E-state index contributed by atoms with van der Waals surface area (Å²) in [7, 11) is 1.38. The fraction of sp³-hybridized carbons (Fsp3) is 0.231. The van der Waals surface area contributed by atoms with Crippen LogP contribution in [0.1, 0.15) is 9.88 Å². The van der Waals surface area contributed by atoms with E-state index in [9.17, 15) is 4.79 Å². The van der Waals surface area contributed by atoms with E-state index in [4.69, 9.17) is 4.74 Å². The zero-order valence-corrected chi connectivity index (χ0v) is 10.6. The maximum Gasteiger partial charge on any atom is 0.312 e. The van der Waals surface area contributed by atoms with Gasteiger partial charge in [-0.25, -0.2) is 4.98 Å². The number of hydrogen-bond donors (Lipinski definition) is 0. The van der Waals surface area contributed by atoms with Gasteiger partial charge in [0.15, 0.2) is 0 Å². The van der Waals surface area contributed by atoms with Gasteiger partial charge in [0.2, 0.25) is 0 Å². The van der Waals surface area contributed by atoms with Crippen molar-refractivity contribution in [3.8, 4) is 17.0 Å². The maximum absolute atomic E-state index is 11.3. The normalized spacial score (nSPS) is 12.3. The van der Waals surface area contributed by atoms with E-state index in [1.54, 1.807) is 0 Å². The highest BCUT2D eigenvalue weighted by Crippen LogP contribution is 2.39. The second kappa shape index (κ2) is 4.42. The summed E-state index contributed by atoms with van der Waals surface area (Å²) in [5.74, 6) is 0.579. The minimum absolute atomic E-state index is 0.219. The molecule has 2 heterocycles. The van der Waals surface area contributed by atoms with Gasteiger partial charge in [-0.15, -0.1) is 11.3 Å². The highest BCUT2D eigenvalue weighted by atomic mass is 32.1. The zero-order chi connectivity index (χ0) is 12.5. The lowest BCUT2D eigenvalue weighted by Gasteiger charge is -2.15. The number of methoxy groups -OCH3 is 1. The van der Waals surface area contributed by atoms with Crippen molar-refractivity contribution in [1.82, 2.24) is 4.98 Å². The van der Waals surface area contributed by atoms with Crippen molar-refractivity contribution in [3.63, 3.8) is 0 Å². The molecule has 0 bridgehead atoms. The molecule has 92 valence electrons. The smallest absolute Gasteiger partial charge is 0.312 e. The van der Waals surface area contributed by atoms with Gasteiger partial charge in [-0.05, 0) is 12.1 Å². The number of rotatable bonds is 2. The monoisotopic (exact) mass is 261 g/mol. The molecule has 0 fully saturated rings. The second-order valence-electron chi connectivity index (χ2n) is 3.92. The molecule has 0 aliphatic carbocycles. The van der Waals surface area contributed by atoms with Crippen LogP contribution < -0.4 is 4.74 Å². The standard InChI is InChI=1S/C13H11NO3S/c1-16-12(15)6-11-14-13-8-4-2-3-5-9(8)17-7-10(13)18-11/h2-5H,6-7H2,1H3. The molecule has 0 unspecified atom stereocenters. The summed E-state index contributed by atoms with van der Waals surface area (Å²) in [5.41, 5.74) is 1.92. The summed E-state index contributed by atoms with van der Waals surface area (Å²) in [5, 5.41) is 0.771. The SMILES string of the molecule is COC(=O)Cc1nc2c(s1)COc1ccccc1-2. The van der Waals surface area contributed by atoms with Crippen molar-refractivity contribution in [1.29, 1.82) is 0 Å². The molecular formula is C13H11NO3S. The van der Waals surface area contributed by atoms with Crippen LogP contribution in [0.3, 0.4) is 0 Å². The molecule has 0 saturated heterocycles. The molecule has 1 aromatic carbocycles. The van der Waals surface area contributed by atoms with Crippen molar-refractivity contribution in [2.24, 2.45) is 0 Å². The van der Waals surface area contributed by atoms with Crippen LogP contribution in [-0.2, 0) is 22.6 Å². The van der Waals surface area contributed by atoms with Crippen LogP contribution in [0.2, 0.25) is 0 Å². The molecule has 0 spiro atoms. The summed E-state index contributed by atoms with van der Waals surface area (Å²) >= 11 is 1.51. The van der Waals surface area contributed by atoms with E-state index in [0.29, 0.717) is 6.61 Å². The number of esters is 1. The van der Waals surface area contributed by atoms with Crippen molar-refractivity contribution < 1.29 is 14.3 Å². The van der Waals surface area contributed by atoms with Gasteiger partial charge in [0, 0.05) is 5.56 Å². The quantitative estimate of drug-likeness (QED) is 0.779. The average molecular weight is 261 g/mol. The minimum atomic E-state index is -0.268. The number of carbonyl (C=O) groups excluding carboxylic acids is 1. The third kappa shape index (κ3) is 1.86. The number of hydrogen-bond acceptors (Lipinski definition) is 5. The average Bonchev–Trinajstić information content (AvgIpc) is 2.81. The van der Waals surface area contributed by atoms with E-state index < -0.39 is 0 Å². The summed E-state index contributed by atoms with van der Waals surface area (Å²) < 4.78 is 10.3. The molecule has 2 aromatic rings. The summed E-state index contributed by atoms with van der Waals surface area (Å²) in [6.07, 6.45) is 0.219. The molecule has 0 N–H and O–H groups in total. The first-order valence-electron chi connectivity index (χ1n) is 5.55. The predicted molar refractivity (Wildman–Crippen MR) is 67.6 cm³/mol. The van der Waals surface area contributed by atoms with Crippen LogP contribution in [0, 0.1) is 0 Å². The van der Waals surface area contributed by atoms with Crippen LogP contribution >= 0.6 is 11.3 Å². The maximum atomic E-state index is 11.3. The van der Waals surface area contributed by atoms with Gasteiger partial charge in [-0.1, -0.05) is 12.1 Å². The Morgan fingerprint density at radius 1 is 1.50 bits per heavy atom. The molecule has 18 heavy (non-hydrogen) atoms. The van der Waals surface area contributed by atoms with Gasteiger partial charge in [-0.2, -0.15) is 0 Å². The molecule has 5 heteroatoms. The molecular weight excluding hydrogens is 250 g/mol. The molecule has 0 saturated carbocycles. The van der Waals surface area contributed by atoms with E-state index >= 15 is 0 Å². The first-order chi connectivity index (χ1) is 8.78. The van der Waals surface area contributed by atoms with Gasteiger partial charge < -0.3 is 9.47 Å².